The van der Waals surface area contributed by atoms with Crippen LogP contribution in [0.15, 0.2) is 65.1 Å². The number of anilines is 1. The second kappa shape index (κ2) is 8.61. The lowest BCUT2D eigenvalue weighted by Gasteiger charge is -2.15. The standard InChI is InChI=1S/C22H21BrClNO/c1-15-7-9-20(11-16(15)2)25-13-18-12-19(23)8-10-22(18)26-14-17-5-3-4-6-21(17)24/h3-12,25H,13-14H2,1-2H3. The predicted octanol–water partition coefficient (Wildman–Crippen LogP) is 6.91. The Kier molecular flexibility index (Phi) is 6.23. The maximum Gasteiger partial charge on any atom is 0.124 e. The van der Waals surface area contributed by atoms with Crippen molar-refractivity contribution in [2.75, 3.05) is 5.32 Å². The van der Waals surface area contributed by atoms with E-state index in [1.54, 1.807) is 0 Å². The highest BCUT2D eigenvalue weighted by atomic mass is 79.9. The zero-order valence-electron chi connectivity index (χ0n) is 14.9. The van der Waals surface area contributed by atoms with Crippen molar-refractivity contribution in [3.8, 4) is 5.75 Å². The van der Waals surface area contributed by atoms with Crippen molar-refractivity contribution in [1.29, 1.82) is 0 Å². The van der Waals surface area contributed by atoms with Gasteiger partial charge in [-0.25, -0.2) is 0 Å². The topological polar surface area (TPSA) is 21.3 Å². The van der Waals surface area contributed by atoms with E-state index in [0.717, 1.165) is 32.1 Å². The van der Waals surface area contributed by atoms with Crippen LogP contribution in [-0.4, -0.2) is 0 Å². The molecule has 0 aliphatic heterocycles. The van der Waals surface area contributed by atoms with Crippen LogP contribution in [0.5, 0.6) is 5.75 Å². The summed E-state index contributed by atoms with van der Waals surface area (Å²) in [6.45, 7) is 5.36. The number of hydrogen-bond donors (Lipinski definition) is 1. The number of ether oxygens (including phenoxy) is 1. The zero-order valence-corrected chi connectivity index (χ0v) is 17.2. The maximum atomic E-state index is 6.22. The average Bonchev–Trinajstić information content (AvgIpc) is 2.63. The highest BCUT2D eigenvalue weighted by molar-refractivity contribution is 9.10. The minimum atomic E-state index is 0.442. The van der Waals surface area contributed by atoms with Gasteiger partial charge in [0.25, 0.3) is 0 Å². The van der Waals surface area contributed by atoms with Crippen LogP contribution in [0, 0.1) is 13.8 Å². The van der Waals surface area contributed by atoms with Gasteiger partial charge in [-0.1, -0.05) is 51.8 Å². The van der Waals surface area contributed by atoms with Gasteiger partial charge in [0.05, 0.1) is 0 Å². The molecule has 4 heteroatoms. The molecule has 0 unspecified atom stereocenters. The number of halogens is 2. The summed E-state index contributed by atoms with van der Waals surface area (Å²) in [5.74, 6) is 0.851. The minimum Gasteiger partial charge on any atom is -0.488 e. The first-order chi connectivity index (χ1) is 12.5. The number of hydrogen-bond acceptors (Lipinski definition) is 2. The molecule has 0 aliphatic rings. The van der Waals surface area contributed by atoms with Crippen LogP contribution in [0.2, 0.25) is 5.02 Å². The molecule has 134 valence electrons. The molecule has 2 nitrogen and oxygen atoms in total. The van der Waals surface area contributed by atoms with Gasteiger partial charge in [-0.05, 0) is 61.4 Å². The van der Waals surface area contributed by atoms with Crippen molar-refractivity contribution in [3.05, 3.63) is 92.4 Å². The van der Waals surface area contributed by atoms with Gasteiger partial charge in [0.1, 0.15) is 12.4 Å². The van der Waals surface area contributed by atoms with Gasteiger partial charge in [-0.3, -0.25) is 0 Å². The van der Waals surface area contributed by atoms with Crippen LogP contribution in [0.4, 0.5) is 5.69 Å². The Labute approximate surface area is 168 Å². The molecule has 0 aliphatic carbocycles. The summed E-state index contributed by atoms with van der Waals surface area (Å²) in [7, 11) is 0. The molecule has 0 radical (unpaired) electrons. The summed E-state index contributed by atoms with van der Waals surface area (Å²) in [6, 6.07) is 20.2. The lowest BCUT2D eigenvalue weighted by atomic mass is 10.1. The summed E-state index contributed by atoms with van der Waals surface area (Å²) in [4.78, 5) is 0. The van der Waals surface area contributed by atoms with Crippen molar-refractivity contribution < 1.29 is 4.74 Å². The molecule has 0 fully saturated rings. The third-order valence-corrected chi connectivity index (χ3v) is 5.22. The molecule has 0 aromatic heterocycles. The predicted molar refractivity (Wildman–Crippen MR) is 113 cm³/mol. The van der Waals surface area contributed by atoms with Gasteiger partial charge in [0, 0.05) is 32.9 Å². The van der Waals surface area contributed by atoms with E-state index in [1.165, 1.54) is 11.1 Å². The molecule has 0 amide bonds. The van der Waals surface area contributed by atoms with Crippen LogP contribution in [0.25, 0.3) is 0 Å². The molecule has 26 heavy (non-hydrogen) atoms. The van der Waals surface area contributed by atoms with Gasteiger partial charge in [0.2, 0.25) is 0 Å². The number of nitrogens with one attached hydrogen (secondary N) is 1. The molecular weight excluding hydrogens is 410 g/mol. The normalized spacial score (nSPS) is 10.6. The fourth-order valence-corrected chi connectivity index (χ4v) is 3.25. The van der Waals surface area contributed by atoms with E-state index in [1.807, 2.05) is 36.4 Å². The Balaban J connectivity index is 1.73. The molecule has 0 atom stereocenters. The first-order valence-electron chi connectivity index (χ1n) is 8.48. The maximum absolute atomic E-state index is 6.22. The van der Waals surface area contributed by atoms with Crippen LogP contribution < -0.4 is 10.1 Å². The first kappa shape index (κ1) is 18.8. The Morgan fingerprint density at radius 1 is 0.923 bits per heavy atom. The van der Waals surface area contributed by atoms with Crippen molar-refractivity contribution in [3.63, 3.8) is 0 Å². The molecule has 3 aromatic carbocycles. The fourth-order valence-electron chi connectivity index (χ4n) is 2.65. The lowest BCUT2D eigenvalue weighted by Crippen LogP contribution is -2.04. The van der Waals surface area contributed by atoms with Gasteiger partial charge in [-0.15, -0.1) is 0 Å². The Morgan fingerprint density at radius 2 is 1.73 bits per heavy atom. The van der Waals surface area contributed by atoms with Crippen LogP contribution in [0.3, 0.4) is 0 Å². The molecule has 3 rings (SSSR count). The van der Waals surface area contributed by atoms with Gasteiger partial charge in [0.15, 0.2) is 0 Å². The largest absolute Gasteiger partial charge is 0.488 e. The summed E-state index contributed by atoms with van der Waals surface area (Å²) >= 11 is 9.77. The van der Waals surface area contributed by atoms with Gasteiger partial charge >= 0.3 is 0 Å². The molecule has 1 N–H and O–H groups in total. The molecule has 0 heterocycles. The molecule has 0 bridgehead atoms. The van der Waals surface area contributed by atoms with Crippen molar-refractivity contribution >= 4 is 33.2 Å². The van der Waals surface area contributed by atoms with Gasteiger partial charge in [-0.2, -0.15) is 0 Å². The summed E-state index contributed by atoms with van der Waals surface area (Å²) in [5.41, 5.74) is 5.74. The monoisotopic (exact) mass is 429 g/mol. The van der Waals surface area contributed by atoms with E-state index >= 15 is 0 Å². The third kappa shape index (κ3) is 4.80. The highest BCUT2D eigenvalue weighted by Crippen LogP contribution is 2.26. The van der Waals surface area contributed by atoms with E-state index in [2.05, 4.69) is 59.4 Å². The highest BCUT2D eigenvalue weighted by Gasteiger charge is 2.07. The molecule has 0 saturated heterocycles. The molecular formula is C22H21BrClNO. The summed E-state index contributed by atoms with van der Waals surface area (Å²) in [5, 5.41) is 4.20. The van der Waals surface area contributed by atoms with E-state index in [9.17, 15) is 0 Å². The average molecular weight is 431 g/mol. The van der Waals surface area contributed by atoms with Crippen LogP contribution in [-0.2, 0) is 13.2 Å². The zero-order chi connectivity index (χ0) is 18.5. The van der Waals surface area contributed by atoms with Crippen molar-refractivity contribution in [2.45, 2.75) is 27.0 Å². The number of aryl methyl sites for hydroxylation is 2. The Morgan fingerprint density at radius 3 is 2.50 bits per heavy atom. The van der Waals surface area contributed by atoms with Crippen LogP contribution in [0.1, 0.15) is 22.3 Å². The van der Waals surface area contributed by atoms with Crippen molar-refractivity contribution in [1.82, 2.24) is 0 Å². The fraction of sp³-hybridized carbons (Fsp3) is 0.182. The van der Waals surface area contributed by atoms with E-state index in [4.69, 9.17) is 16.3 Å². The number of rotatable bonds is 6. The summed E-state index contributed by atoms with van der Waals surface area (Å²) in [6.07, 6.45) is 0. The second-order valence-corrected chi connectivity index (χ2v) is 7.61. The lowest BCUT2D eigenvalue weighted by molar-refractivity contribution is 0.303. The minimum absolute atomic E-state index is 0.442. The third-order valence-electron chi connectivity index (χ3n) is 4.35. The Bertz CT molecular complexity index is 910. The van der Waals surface area contributed by atoms with E-state index < -0.39 is 0 Å². The van der Waals surface area contributed by atoms with Crippen molar-refractivity contribution in [2.24, 2.45) is 0 Å². The Hall–Kier alpha value is -1.97. The van der Waals surface area contributed by atoms with Crippen LogP contribution >= 0.6 is 27.5 Å². The number of benzene rings is 3. The summed E-state index contributed by atoms with van der Waals surface area (Å²) < 4.78 is 7.07. The van der Waals surface area contributed by atoms with Gasteiger partial charge < -0.3 is 10.1 Å². The molecule has 0 spiro atoms. The quantitative estimate of drug-likeness (QED) is 0.458. The van der Waals surface area contributed by atoms with E-state index in [-0.39, 0.29) is 0 Å². The molecule has 3 aromatic rings. The van der Waals surface area contributed by atoms with E-state index in [0.29, 0.717) is 13.2 Å². The SMILES string of the molecule is Cc1ccc(NCc2cc(Br)ccc2OCc2ccccc2Cl)cc1C. The first-order valence-corrected chi connectivity index (χ1v) is 9.66. The smallest absolute Gasteiger partial charge is 0.124 e. The molecule has 0 saturated carbocycles. The second-order valence-electron chi connectivity index (χ2n) is 6.28.